The summed E-state index contributed by atoms with van der Waals surface area (Å²) < 4.78 is 27.5. The Bertz CT molecular complexity index is 862. The van der Waals surface area contributed by atoms with Gasteiger partial charge < -0.3 is 15.1 Å². The van der Waals surface area contributed by atoms with Gasteiger partial charge in [0, 0.05) is 38.8 Å². The van der Waals surface area contributed by atoms with Crippen LogP contribution in [0.2, 0.25) is 0 Å². The highest BCUT2D eigenvalue weighted by Crippen LogP contribution is 2.20. The average Bonchev–Trinajstić information content (AvgIpc) is 2.64. The highest BCUT2D eigenvalue weighted by molar-refractivity contribution is 6.03. The van der Waals surface area contributed by atoms with Gasteiger partial charge in [0.2, 0.25) is 11.9 Å². The van der Waals surface area contributed by atoms with Gasteiger partial charge in [0.05, 0.1) is 0 Å². The highest BCUT2D eigenvalue weighted by Gasteiger charge is 2.22. The molecule has 2 amide bonds. The first-order valence-electron chi connectivity index (χ1n) is 8.46. The van der Waals surface area contributed by atoms with E-state index in [0.29, 0.717) is 37.8 Å². The molecule has 1 N–H and O–H groups in total. The van der Waals surface area contributed by atoms with Crippen LogP contribution in [0.1, 0.15) is 23.1 Å². The number of anilines is 2. The third-order valence-electron chi connectivity index (χ3n) is 4.28. The van der Waals surface area contributed by atoms with Gasteiger partial charge in [-0.2, -0.15) is 0 Å². The summed E-state index contributed by atoms with van der Waals surface area (Å²) in [6.07, 6.45) is 0. The molecule has 0 unspecified atom stereocenters. The summed E-state index contributed by atoms with van der Waals surface area (Å²) in [4.78, 5) is 36.0. The maximum atomic E-state index is 13.7. The van der Waals surface area contributed by atoms with Gasteiger partial charge in [0.1, 0.15) is 23.0 Å². The molecule has 1 aromatic carbocycles. The van der Waals surface area contributed by atoms with Gasteiger partial charge in [-0.05, 0) is 25.1 Å². The maximum absolute atomic E-state index is 13.7. The molecule has 1 aliphatic rings. The number of para-hydroxylation sites is 1. The fourth-order valence-corrected chi connectivity index (χ4v) is 2.83. The van der Waals surface area contributed by atoms with Gasteiger partial charge in [-0.3, -0.25) is 9.59 Å². The summed E-state index contributed by atoms with van der Waals surface area (Å²) in [7, 11) is 0. The summed E-state index contributed by atoms with van der Waals surface area (Å²) in [5.74, 6) is -2.11. The molecule has 2 heterocycles. The number of nitrogens with one attached hydrogen (secondary N) is 1. The zero-order valence-corrected chi connectivity index (χ0v) is 15.0. The van der Waals surface area contributed by atoms with Gasteiger partial charge in [-0.25, -0.2) is 18.7 Å². The number of aromatic nitrogens is 2. The normalized spacial score (nSPS) is 14.2. The lowest BCUT2D eigenvalue weighted by atomic mass is 10.2. The number of rotatable bonds is 3. The van der Waals surface area contributed by atoms with Crippen LogP contribution < -0.4 is 10.2 Å². The van der Waals surface area contributed by atoms with Crippen LogP contribution >= 0.6 is 0 Å². The van der Waals surface area contributed by atoms with Crippen molar-refractivity contribution in [1.82, 2.24) is 14.9 Å². The Morgan fingerprint density at radius 2 is 1.70 bits per heavy atom. The molecule has 1 aromatic heterocycles. The molecule has 0 aliphatic carbocycles. The summed E-state index contributed by atoms with van der Waals surface area (Å²) in [5.41, 5.74) is 0.0395. The van der Waals surface area contributed by atoms with E-state index in [-0.39, 0.29) is 11.6 Å². The van der Waals surface area contributed by atoms with Gasteiger partial charge in [-0.15, -0.1) is 0 Å². The topological polar surface area (TPSA) is 78.4 Å². The summed E-state index contributed by atoms with van der Waals surface area (Å²) in [6.45, 7) is 5.36. The molecule has 0 atom stereocenters. The number of halogens is 2. The lowest BCUT2D eigenvalue weighted by molar-refractivity contribution is -0.129. The van der Waals surface area contributed by atoms with Crippen LogP contribution in [0, 0.1) is 18.6 Å². The molecule has 27 heavy (non-hydrogen) atoms. The molecule has 142 valence electrons. The van der Waals surface area contributed by atoms with Crippen LogP contribution in [-0.2, 0) is 4.79 Å². The molecular weight excluding hydrogens is 356 g/mol. The molecule has 0 spiro atoms. The Hall–Kier alpha value is -3.10. The Kier molecular flexibility index (Phi) is 5.29. The Balaban J connectivity index is 1.79. The SMILES string of the molecule is CC(=O)N1CCN(c2nc(C)cc(C(=O)Nc3c(F)cccc3F)n2)CC1. The molecular formula is C18H19F2N5O2. The molecule has 2 aromatic rings. The minimum Gasteiger partial charge on any atom is -0.339 e. The van der Waals surface area contributed by atoms with Crippen molar-refractivity contribution in [3.05, 3.63) is 47.3 Å². The van der Waals surface area contributed by atoms with E-state index in [4.69, 9.17) is 0 Å². The molecule has 1 aliphatic heterocycles. The average molecular weight is 375 g/mol. The van der Waals surface area contributed by atoms with Crippen molar-refractivity contribution in [2.24, 2.45) is 0 Å². The predicted molar refractivity (Wildman–Crippen MR) is 95.5 cm³/mol. The Morgan fingerprint density at radius 3 is 2.30 bits per heavy atom. The first kappa shape index (κ1) is 18.7. The maximum Gasteiger partial charge on any atom is 0.274 e. The Labute approximate surface area is 155 Å². The van der Waals surface area contributed by atoms with E-state index in [9.17, 15) is 18.4 Å². The second-order valence-electron chi connectivity index (χ2n) is 6.24. The van der Waals surface area contributed by atoms with Gasteiger partial charge in [0.25, 0.3) is 5.91 Å². The van der Waals surface area contributed by atoms with Crippen molar-refractivity contribution in [2.45, 2.75) is 13.8 Å². The molecule has 0 radical (unpaired) electrons. The van der Waals surface area contributed by atoms with Crippen molar-refractivity contribution >= 4 is 23.5 Å². The van der Waals surface area contributed by atoms with Crippen LogP contribution in [0.4, 0.5) is 20.4 Å². The monoisotopic (exact) mass is 375 g/mol. The minimum atomic E-state index is -0.866. The summed E-state index contributed by atoms with van der Waals surface area (Å²) in [6, 6.07) is 4.78. The molecule has 0 bridgehead atoms. The Morgan fingerprint density at radius 1 is 1.07 bits per heavy atom. The summed E-state index contributed by atoms with van der Waals surface area (Å²) in [5, 5.41) is 2.22. The standard InChI is InChI=1S/C18H19F2N5O2/c1-11-10-15(17(27)23-16-13(19)4-3-5-14(16)20)22-18(21-11)25-8-6-24(7-9-25)12(2)26/h3-5,10H,6-9H2,1-2H3,(H,23,27). The molecule has 0 saturated carbocycles. The van der Waals surface area contributed by atoms with E-state index in [0.717, 1.165) is 12.1 Å². The first-order chi connectivity index (χ1) is 12.8. The van der Waals surface area contributed by atoms with Crippen molar-refractivity contribution in [2.75, 3.05) is 36.4 Å². The van der Waals surface area contributed by atoms with Gasteiger partial charge >= 0.3 is 0 Å². The van der Waals surface area contributed by atoms with E-state index in [1.54, 1.807) is 11.8 Å². The van der Waals surface area contributed by atoms with E-state index >= 15 is 0 Å². The van der Waals surface area contributed by atoms with Crippen molar-refractivity contribution in [1.29, 1.82) is 0 Å². The molecule has 9 heteroatoms. The highest BCUT2D eigenvalue weighted by atomic mass is 19.1. The smallest absolute Gasteiger partial charge is 0.274 e. The van der Waals surface area contributed by atoms with Crippen LogP contribution in [0.3, 0.4) is 0 Å². The van der Waals surface area contributed by atoms with E-state index in [2.05, 4.69) is 15.3 Å². The van der Waals surface area contributed by atoms with Gasteiger partial charge in [-0.1, -0.05) is 6.07 Å². The van der Waals surface area contributed by atoms with E-state index < -0.39 is 23.2 Å². The zero-order valence-electron chi connectivity index (χ0n) is 15.0. The quantitative estimate of drug-likeness (QED) is 0.888. The molecule has 3 rings (SSSR count). The second kappa shape index (κ2) is 7.65. The number of hydrogen-bond donors (Lipinski definition) is 1. The number of amides is 2. The number of nitrogens with zero attached hydrogens (tertiary/aromatic N) is 4. The molecule has 1 fully saturated rings. The number of hydrogen-bond acceptors (Lipinski definition) is 5. The summed E-state index contributed by atoms with van der Waals surface area (Å²) >= 11 is 0. The fraction of sp³-hybridized carbons (Fsp3) is 0.333. The number of carbonyl (C=O) groups is 2. The fourth-order valence-electron chi connectivity index (χ4n) is 2.83. The van der Waals surface area contributed by atoms with Crippen LogP contribution in [0.25, 0.3) is 0 Å². The van der Waals surface area contributed by atoms with Crippen molar-refractivity contribution < 1.29 is 18.4 Å². The molecule has 1 saturated heterocycles. The molecule has 7 nitrogen and oxygen atoms in total. The van der Waals surface area contributed by atoms with Crippen molar-refractivity contribution in [3.8, 4) is 0 Å². The van der Waals surface area contributed by atoms with Crippen molar-refractivity contribution in [3.63, 3.8) is 0 Å². The second-order valence-corrected chi connectivity index (χ2v) is 6.24. The van der Waals surface area contributed by atoms with Crippen LogP contribution in [0.5, 0.6) is 0 Å². The number of benzene rings is 1. The van der Waals surface area contributed by atoms with Gasteiger partial charge in [0.15, 0.2) is 0 Å². The van der Waals surface area contributed by atoms with Crippen LogP contribution in [0.15, 0.2) is 24.3 Å². The largest absolute Gasteiger partial charge is 0.339 e. The lowest BCUT2D eigenvalue weighted by Gasteiger charge is -2.34. The third kappa shape index (κ3) is 4.18. The number of piperazine rings is 1. The number of carbonyl (C=O) groups excluding carboxylic acids is 2. The number of aryl methyl sites for hydroxylation is 1. The first-order valence-corrected chi connectivity index (χ1v) is 8.46. The van der Waals surface area contributed by atoms with Crippen LogP contribution in [-0.4, -0.2) is 52.9 Å². The minimum absolute atomic E-state index is 0.00629. The van der Waals surface area contributed by atoms with E-state index in [1.807, 2.05) is 4.90 Å². The predicted octanol–water partition coefficient (Wildman–Crippen LogP) is 1.98. The third-order valence-corrected chi connectivity index (χ3v) is 4.28. The van der Waals surface area contributed by atoms with E-state index in [1.165, 1.54) is 19.1 Å². The zero-order chi connectivity index (χ0) is 19.6. The lowest BCUT2D eigenvalue weighted by Crippen LogP contribution is -2.48.